The largest absolute Gasteiger partial charge is 0.497 e. The van der Waals surface area contributed by atoms with E-state index in [0.29, 0.717) is 48.2 Å². The minimum Gasteiger partial charge on any atom is -0.497 e. The van der Waals surface area contributed by atoms with E-state index in [2.05, 4.69) is 4.98 Å². The number of amides is 1. The van der Waals surface area contributed by atoms with Gasteiger partial charge in [0.2, 0.25) is 5.91 Å². The number of carbonyl (C=O) groups excluding carboxylic acids is 1. The Labute approximate surface area is 219 Å². The van der Waals surface area contributed by atoms with Crippen molar-refractivity contribution in [3.8, 4) is 22.6 Å². The molecule has 8 heteroatoms. The molecule has 0 spiro atoms. The summed E-state index contributed by atoms with van der Waals surface area (Å²) in [5.74, 6) is 0.0764. The van der Waals surface area contributed by atoms with Crippen LogP contribution >= 0.6 is 0 Å². The van der Waals surface area contributed by atoms with E-state index in [9.17, 15) is 19.1 Å². The first kappa shape index (κ1) is 25.3. The van der Waals surface area contributed by atoms with Gasteiger partial charge in [0.1, 0.15) is 17.3 Å². The number of rotatable bonds is 8. The van der Waals surface area contributed by atoms with Gasteiger partial charge in [-0.15, -0.1) is 0 Å². The number of aromatic amines is 1. The van der Waals surface area contributed by atoms with Crippen LogP contribution in [0.3, 0.4) is 0 Å². The quantitative estimate of drug-likeness (QED) is 0.339. The first-order chi connectivity index (χ1) is 18.4. The molecule has 2 N–H and O–H groups in total. The summed E-state index contributed by atoms with van der Waals surface area (Å²) in [6.07, 6.45) is 3.08. The maximum absolute atomic E-state index is 14.8. The van der Waals surface area contributed by atoms with Crippen molar-refractivity contribution in [1.82, 2.24) is 9.88 Å². The van der Waals surface area contributed by atoms with Gasteiger partial charge < -0.3 is 24.5 Å². The summed E-state index contributed by atoms with van der Waals surface area (Å²) in [5, 5.41) is 10.3. The first-order valence-electron chi connectivity index (χ1n) is 12.5. The van der Waals surface area contributed by atoms with Gasteiger partial charge >= 0.3 is 5.97 Å². The van der Waals surface area contributed by atoms with Crippen LogP contribution in [0.15, 0.2) is 54.7 Å². The summed E-state index contributed by atoms with van der Waals surface area (Å²) in [7, 11) is 3.17. The molecule has 0 unspecified atom stereocenters. The zero-order valence-corrected chi connectivity index (χ0v) is 21.3. The van der Waals surface area contributed by atoms with E-state index in [1.54, 1.807) is 43.4 Å². The Hall–Kier alpha value is -4.33. The highest BCUT2D eigenvalue weighted by molar-refractivity contribution is 5.86. The molecule has 2 heterocycles. The van der Waals surface area contributed by atoms with Crippen molar-refractivity contribution in [3.63, 3.8) is 0 Å². The number of H-pyrrole nitrogens is 1. The molecule has 0 bridgehead atoms. The maximum atomic E-state index is 14.8. The molecule has 1 amide bonds. The number of nitrogens with one attached hydrogen (secondary N) is 1. The zero-order valence-electron chi connectivity index (χ0n) is 21.3. The monoisotopic (exact) mass is 516 g/mol. The fraction of sp³-hybridized carbons (Fsp3) is 0.267. The number of aliphatic carboxylic acids is 1. The molecule has 1 aromatic heterocycles. The number of carbonyl (C=O) groups is 2. The molecule has 0 saturated carbocycles. The van der Waals surface area contributed by atoms with Crippen LogP contribution < -0.4 is 9.47 Å². The van der Waals surface area contributed by atoms with Crippen molar-refractivity contribution in [2.24, 2.45) is 0 Å². The summed E-state index contributed by atoms with van der Waals surface area (Å²) >= 11 is 0. The second-order valence-electron chi connectivity index (χ2n) is 9.45. The normalized spacial score (nSPS) is 12.9. The van der Waals surface area contributed by atoms with Crippen molar-refractivity contribution in [2.45, 2.75) is 32.2 Å². The van der Waals surface area contributed by atoms with E-state index in [4.69, 9.17) is 9.47 Å². The average Bonchev–Trinajstić information content (AvgIpc) is 3.33. The second kappa shape index (κ2) is 10.6. The van der Waals surface area contributed by atoms with Crippen LogP contribution in [0.2, 0.25) is 0 Å². The first-order valence-corrected chi connectivity index (χ1v) is 12.5. The molecular formula is C30H29FN2O5. The van der Waals surface area contributed by atoms with Crippen LogP contribution in [0.25, 0.3) is 22.0 Å². The zero-order chi connectivity index (χ0) is 26.8. The molecule has 38 heavy (non-hydrogen) atoms. The molecule has 4 aromatic rings. The predicted molar refractivity (Wildman–Crippen MR) is 142 cm³/mol. The standard InChI is InChI=1S/C30H29FN2O5/c1-37-20-5-8-27-23(15-20)19(16-32-27)4-10-29(34)33-12-11-22-25(17-33)21(6-7-26(22)31)24-13-18(14-30(35)36)3-9-28(24)38-2/h3,5-9,13,15-16,32H,4,10-12,14,17H2,1-2H3,(H,35,36). The van der Waals surface area contributed by atoms with E-state index < -0.39 is 5.97 Å². The number of nitrogens with zero attached hydrogens (tertiary/aromatic N) is 1. The summed E-state index contributed by atoms with van der Waals surface area (Å²) in [5.41, 5.74) is 5.38. The summed E-state index contributed by atoms with van der Waals surface area (Å²) in [6.45, 7) is 0.708. The number of benzene rings is 3. The number of carboxylic acid groups (broad SMARTS) is 1. The smallest absolute Gasteiger partial charge is 0.307 e. The summed E-state index contributed by atoms with van der Waals surface area (Å²) in [4.78, 5) is 29.6. The van der Waals surface area contributed by atoms with Crippen LogP contribution in [0.1, 0.15) is 28.7 Å². The maximum Gasteiger partial charge on any atom is 0.307 e. The molecule has 0 saturated heterocycles. The van der Waals surface area contributed by atoms with E-state index >= 15 is 0 Å². The molecule has 5 rings (SSSR count). The van der Waals surface area contributed by atoms with Crippen LogP contribution in [-0.4, -0.2) is 47.6 Å². The van der Waals surface area contributed by atoms with Crippen molar-refractivity contribution >= 4 is 22.8 Å². The van der Waals surface area contributed by atoms with Crippen LogP contribution in [0.4, 0.5) is 4.39 Å². The van der Waals surface area contributed by atoms with Gasteiger partial charge in [-0.25, -0.2) is 4.39 Å². The highest BCUT2D eigenvalue weighted by Gasteiger charge is 2.26. The Kier molecular flexibility index (Phi) is 7.05. The van der Waals surface area contributed by atoms with Gasteiger partial charge in [-0.3, -0.25) is 9.59 Å². The Balaban J connectivity index is 1.40. The van der Waals surface area contributed by atoms with Gasteiger partial charge in [-0.05, 0) is 77.1 Å². The third-order valence-electron chi connectivity index (χ3n) is 7.20. The predicted octanol–water partition coefficient (Wildman–Crippen LogP) is 5.14. The number of aryl methyl sites for hydroxylation is 1. The number of ether oxygens (including phenoxy) is 2. The molecule has 7 nitrogen and oxygen atoms in total. The van der Waals surface area contributed by atoms with Crippen LogP contribution in [-0.2, 0) is 35.4 Å². The molecule has 196 valence electrons. The molecular weight excluding hydrogens is 487 g/mol. The van der Waals surface area contributed by atoms with E-state index in [-0.39, 0.29) is 24.7 Å². The Morgan fingerprint density at radius 1 is 1.03 bits per heavy atom. The van der Waals surface area contributed by atoms with Gasteiger partial charge in [0.15, 0.2) is 0 Å². The topological polar surface area (TPSA) is 91.9 Å². The number of halogens is 1. The van der Waals surface area contributed by atoms with Crippen molar-refractivity contribution in [1.29, 1.82) is 0 Å². The molecule has 0 aliphatic carbocycles. The number of fused-ring (bicyclic) bond motifs is 2. The Bertz CT molecular complexity index is 1530. The van der Waals surface area contributed by atoms with E-state index in [0.717, 1.165) is 33.3 Å². The molecule has 0 atom stereocenters. The lowest BCUT2D eigenvalue weighted by molar-refractivity contribution is -0.136. The highest BCUT2D eigenvalue weighted by atomic mass is 19.1. The molecule has 3 aromatic carbocycles. The molecule has 0 radical (unpaired) electrons. The Morgan fingerprint density at radius 3 is 2.63 bits per heavy atom. The third-order valence-corrected chi connectivity index (χ3v) is 7.20. The SMILES string of the molecule is COc1ccc2[nH]cc(CCC(=O)N3CCc4c(F)ccc(-c5cc(CC(=O)O)ccc5OC)c4C3)c2c1. The van der Waals surface area contributed by atoms with Crippen molar-refractivity contribution < 1.29 is 28.6 Å². The average molecular weight is 517 g/mol. The lowest BCUT2D eigenvalue weighted by atomic mass is 9.89. The Morgan fingerprint density at radius 2 is 1.87 bits per heavy atom. The minimum atomic E-state index is -0.937. The van der Waals surface area contributed by atoms with Crippen molar-refractivity contribution in [2.75, 3.05) is 20.8 Å². The molecule has 0 fully saturated rings. The number of hydrogen-bond acceptors (Lipinski definition) is 4. The highest BCUT2D eigenvalue weighted by Crippen LogP contribution is 2.38. The van der Waals surface area contributed by atoms with E-state index in [1.807, 2.05) is 24.4 Å². The van der Waals surface area contributed by atoms with Gasteiger partial charge in [0, 0.05) is 42.2 Å². The summed E-state index contributed by atoms with van der Waals surface area (Å²) < 4.78 is 25.7. The number of hydrogen-bond donors (Lipinski definition) is 2. The lowest BCUT2D eigenvalue weighted by Gasteiger charge is -2.31. The second-order valence-corrected chi connectivity index (χ2v) is 9.45. The van der Waals surface area contributed by atoms with Gasteiger partial charge in [-0.2, -0.15) is 0 Å². The number of aromatic nitrogens is 1. The van der Waals surface area contributed by atoms with Crippen LogP contribution in [0, 0.1) is 5.82 Å². The summed E-state index contributed by atoms with van der Waals surface area (Å²) in [6, 6.07) is 14.1. The van der Waals surface area contributed by atoms with Crippen molar-refractivity contribution in [3.05, 3.63) is 82.8 Å². The van der Waals surface area contributed by atoms with Gasteiger partial charge in [-0.1, -0.05) is 12.1 Å². The number of methoxy groups -OCH3 is 2. The fourth-order valence-corrected chi connectivity index (χ4v) is 5.24. The van der Waals surface area contributed by atoms with Gasteiger partial charge in [0.05, 0.1) is 20.6 Å². The lowest BCUT2D eigenvalue weighted by Crippen LogP contribution is -2.36. The van der Waals surface area contributed by atoms with E-state index in [1.165, 1.54) is 6.07 Å². The fourth-order valence-electron chi connectivity index (χ4n) is 5.24. The molecule has 1 aliphatic heterocycles. The molecule has 1 aliphatic rings. The van der Waals surface area contributed by atoms with Gasteiger partial charge in [0.25, 0.3) is 0 Å². The number of carboxylic acids is 1. The third kappa shape index (κ3) is 4.94. The minimum absolute atomic E-state index is 0.00491. The van der Waals surface area contributed by atoms with Crippen LogP contribution in [0.5, 0.6) is 11.5 Å².